The number of aryl methyl sites for hydroxylation is 1. The number of hydrogen-bond donors (Lipinski definition) is 0. The van der Waals surface area contributed by atoms with Crippen molar-refractivity contribution in [1.29, 1.82) is 0 Å². The van der Waals surface area contributed by atoms with E-state index in [1.165, 1.54) is 0 Å². The van der Waals surface area contributed by atoms with Crippen molar-refractivity contribution in [1.82, 2.24) is 9.88 Å². The van der Waals surface area contributed by atoms with Crippen LogP contribution in [0.3, 0.4) is 0 Å². The summed E-state index contributed by atoms with van der Waals surface area (Å²) >= 11 is 0. The van der Waals surface area contributed by atoms with Crippen molar-refractivity contribution in [2.24, 2.45) is 11.3 Å². The molecule has 1 aromatic rings. The molecular formula is C20H28N2O3. The molecule has 1 aliphatic carbocycles. The first-order valence-electron chi connectivity index (χ1n) is 9.54. The lowest BCUT2D eigenvalue weighted by molar-refractivity contribution is -0.134. The molecule has 1 amide bonds. The standard InChI is InChI=1S/C20H28N2O3/c1-15-3-2-4-17(21-15)12-24-13-18-11-20(14-25-18)7-9-22(10-8-20)19(23)16-5-6-16/h2-4,16,18H,5-14H2,1H3. The molecule has 3 aliphatic rings. The van der Waals surface area contributed by atoms with Gasteiger partial charge in [0.25, 0.3) is 0 Å². The zero-order valence-electron chi connectivity index (χ0n) is 15.1. The second-order valence-electron chi connectivity index (χ2n) is 8.02. The SMILES string of the molecule is Cc1cccc(COCC2CC3(CCN(C(=O)C4CC4)CC3)CO2)n1. The number of carbonyl (C=O) groups excluding carboxylic acids is 1. The van der Waals surface area contributed by atoms with E-state index in [2.05, 4.69) is 9.88 Å². The molecule has 2 saturated heterocycles. The first kappa shape index (κ1) is 17.0. The number of pyridine rings is 1. The van der Waals surface area contributed by atoms with E-state index >= 15 is 0 Å². The van der Waals surface area contributed by atoms with Gasteiger partial charge < -0.3 is 14.4 Å². The van der Waals surface area contributed by atoms with Gasteiger partial charge in [-0.05, 0) is 56.6 Å². The summed E-state index contributed by atoms with van der Waals surface area (Å²) in [5.41, 5.74) is 2.25. The lowest BCUT2D eigenvalue weighted by Gasteiger charge is -2.38. The summed E-state index contributed by atoms with van der Waals surface area (Å²) in [5.74, 6) is 0.726. The molecule has 0 bridgehead atoms. The summed E-state index contributed by atoms with van der Waals surface area (Å²) in [7, 11) is 0. The normalized spacial score (nSPS) is 25.5. The average molecular weight is 344 g/mol. The number of ether oxygens (including phenoxy) is 2. The molecular weight excluding hydrogens is 316 g/mol. The minimum atomic E-state index is 0.176. The van der Waals surface area contributed by atoms with Gasteiger partial charge in [0.2, 0.25) is 5.91 Å². The van der Waals surface area contributed by atoms with Crippen LogP contribution < -0.4 is 0 Å². The van der Waals surface area contributed by atoms with Crippen LogP contribution in [0.2, 0.25) is 0 Å². The maximum absolute atomic E-state index is 12.2. The predicted octanol–water partition coefficient (Wildman–Crippen LogP) is 2.71. The number of rotatable bonds is 5. The molecule has 0 radical (unpaired) electrons. The van der Waals surface area contributed by atoms with Crippen molar-refractivity contribution < 1.29 is 14.3 Å². The van der Waals surface area contributed by atoms with Gasteiger partial charge in [-0.3, -0.25) is 9.78 Å². The van der Waals surface area contributed by atoms with Crippen LogP contribution in [0.1, 0.15) is 43.5 Å². The molecule has 3 heterocycles. The van der Waals surface area contributed by atoms with Crippen LogP contribution in [0.15, 0.2) is 18.2 Å². The number of amides is 1. The lowest BCUT2D eigenvalue weighted by Crippen LogP contribution is -2.44. The highest BCUT2D eigenvalue weighted by atomic mass is 16.5. The van der Waals surface area contributed by atoms with E-state index in [0.29, 0.717) is 25.0 Å². The Morgan fingerprint density at radius 2 is 2.16 bits per heavy atom. The van der Waals surface area contributed by atoms with Gasteiger partial charge in [0.05, 0.1) is 31.6 Å². The molecule has 5 nitrogen and oxygen atoms in total. The van der Waals surface area contributed by atoms with Gasteiger partial charge in [-0.2, -0.15) is 0 Å². The molecule has 4 rings (SSSR count). The molecule has 136 valence electrons. The third-order valence-electron chi connectivity index (χ3n) is 5.85. The third kappa shape index (κ3) is 4.04. The zero-order valence-corrected chi connectivity index (χ0v) is 15.1. The molecule has 5 heteroatoms. The van der Waals surface area contributed by atoms with Crippen LogP contribution in [0.5, 0.6) is 0 Å². The Kier molecular flexibility index (Phi) is 4.78. The minimum absolute atomic E-state index is 0.176. The van der Waals surface area contributed by atoms with Gasteiger partial charge >= 0.3 is 0 Å². The first-order valence-corrected chi connectivity index (χ1v) is 9.54. The maximum Gasteiger partial charge on any atom is 0.225 e. The Hall–Kier alpha value is -1.46. The molecule has 1 unspecified atom stereocenters. The summed E-state index contributed by atoms with van der Waals surface area (Å²) in [6.45, 7) is 5.78. The largest absolute Gasteiger partial charge is 0.375 e. The van der Waals surface area contributed by atoms with Crippen LogP contribution in [-0.2, 0) is 20.9 Å². The zero-order chi connectivity index (χ0) is 17.3. The smallest absolute Gasteiger partial charge is 0.225 e. The quantitative estimate of drug-likeness (QED) is 0.824. The second-order valence-corrected chi connectivity index (χ2v) is 8.02. The molecule has 0 aromatic carbocycles. The summed E-state index contributed by atoms with van der Waals surface area (Å²) in [6, 6.07) is 6.00. The Morgan fingerprint density at radius 3 is 2.88 bits per heavy atom. The minimum Gasteiger partial charge on any atom is -0.375 e. The van der Waals surface area contributed by atoms with Crippen LogP contribution in [0, 0.1) is 18.3 Å². The Bertz CT molecular complexity index is 621. The van der Waals surface area contributed by atoms with Crippen molar-refractivity contribution in [2.45, 2.75) is 51.7 Å². The molecule has 1 saturated carbocycles. The molecule has 25 heavy (non-hydrogen) atoms. The van der Waals surface area contributed by atoms with E-state index in [1.807, 2.05) is 25.1 Å². The van der Waals surface area contributed by atoms with Crippen LogP contribution >= 0.6 is 0 Å². The fraction of sp³-hybridized carbons (Fsp3) is 0.700. The molecule has 0 N–H and O–H groups in total. The summed E-state index contributed by atoms with van der Waals surface area (Å²) in [4.78, 5) is 18.7. The summed E-state index contributed by atoms with van der Waals surface area (Å²) in [6.07, 6.45) is 5.57. The lowest BCUT2D eigenvalue weighted by atomic mass is 9.76. The third-order valence-corrected chi connectivity index (χ3v) is 5.85. The number of likely N-dealkylation sites (tertiary alicyclic amines) is 1. The van der Waals surface area contributed by atoms with Crippen molar-refractivity contribution in [3.05, 3.63) is 29.6 Å². The fourth-order valence-corrected chi connectivity index (χ4v) is 4.12. The fourth-order valence-electron chi connectivity index (χ4n) is 4.12. The van der Waals surface area contributed by atoms with Crippen molar-refractivity contribution in [3.63, 3.8) is 0 Å². The second kappa shape index (κ2) is 7.04. The molecule has 1 aromatic heterocycles. The Labute approximate surface area is 149 Å². The highest BCUT2D eigenvalue weighted by Gasteiger charge is 2.44. The van der Waals surface area contributed by atoms with Crippen molar-refractivity contribution in [3.8, 4) is 0 Å². The molecule has 3 fully saturated rings. The van der Waals surface area contributed by atoms with E-state index in [9.17, 15) is 4.79 Å². The van der Waals surface area contributed by atoms with Crippen LogP contribution in [0.25, 0.3) is 0 Å². The van der Waals surface area contributed by atoms with Gasteiger partial charge in [0, 0.05) is 24.7 Å². The Balaban J connectivity index is 1.21. The number of aromatic nitrogens is 1. The molecule has 1 atom stereocenters. The highest BCUT2D eigenvalue weighted by molar-refractivity contribution is 5.81. The molecule has 2 aliphatic heterocycles. The van der Waals surface area contributed by atoms with Crippen molar-refractivity contribution >= 4 is 5.91 Å². The van der Waals surface area contributed by atoms with Gasteiger partial charge in [-0.15, -0.1) is 0 Å². The highest BCUT2D eigenvalue weighted by Crippen LogP contribution is 2.43. The number of hydrogen-bond acceptors (Lipinski definition) is 4. The molecule has 1 spiro atoms. The summed E-state index contributed by atoms with van der Waals surface area (Å²) < 4.78 is 11.9. The van der Waals surface area contributed by atoms with E-state index in [4.69, 9.17) is 9.47 Å². The first-order chi connectivity index (χ1) is 12.1. The van der Waals surface area contributed by atoms with E-state index < -0.39 is 0 Å². The van der Waals surface area contributed by atoms with Gasteiger partial charge in [-0.1, -0.05) is 6.07 Å². The number of piperidine rings is 1. The van der Waals surface area contributed by atoms with Gasteiger partial charge in [0.15, 0.2) is 0 Å². The van der Waals surface area contributed by atoms with Crippen molar-refractivity contribution in [2.75, 3.05) is 26.3 Å². The topological polar surface area (TPSA) is 51.7 Å². The van der Waals surface area contributed by atoms with E-state index in [-0.39, 0.29) is 11.5 Å². The Morgan fingerprint density at radius 1 is 1.36 bits per heavy atom. The van der Waals surface area contributed by atoms with E-state index in [1.54, 1.807) is 0 Å². The van der Waals surface area contributed by atoms with Gasteiger partial charge in [-0.25, -0.2) is 0 Å². The maximum atomic E-state index is 12.2. The predicted molar refractivity (Wildman–Crippen MR) is 94.0 cm³/mol. The van der Waals surface area contributed by atoms with Crippen LogP contribution in [-0.4, -0.2) is 48.2 Å². The number of nitrogens with zero attached hydrogens (tertiary/aromatic N) is 2. The van der Waals surface area contributed by atoms with E-state index in [0.717, 1.165) is 63.2 Å². The average Bonchev–Trinajstić information content (AvgIpc) is 3.39. The van der Waals surface area contributed by atoms with Crippen LogP contribution in [0.4, 0.5) is 0 Å². The monoisotopic (exact) mass is 344 g/mol. The van der Waals surface area contributed by atoms with Gasteiger partial charge in [0.1, 0.15) is 0 Å². The number of carbonyl (C=O) groups is 1. The summed E-state index contributed by atoms with van der Waals surface area (Å²) in [5, 5.41) is 0.